The number of nitrogens with two attached hydrogens (primary N) is 1. The third-order valence-corrected chi connectivity index (χ3v) is 9.17. The summed E-state index contributed by atoms with van der Waals surface area (Å²) in [5, 5.41) is 20.9. The number of aromatic nitrogens is 1. The van der Waals surface area contributed by atoms with Crippen LogP contribution in [0.15, 0.2) is 65.6 Å². The lowest BCUT2D eigenvalue weighted by atomic mass is 9.84. The molecule has 3 atom stereocenters. The van der Waals surface area contributed by atoms with Crippen molar-refractivity contribution < 1.29 is 24.3 Å². The molecular weight excluding hydrogens is 602 g/mol. The number of hydrogen-bond acceptors (Lipinski definition) is 7. The average Bonchev–Trinajstić information content (AvgIpc) is 3.02. The number of fused-ring (bicyclic) bond motifs is 1. The number of nitrogens with one attached hydrogen (secondary N) is 3. The van der Waals surface area contributed by atoms with Crippen LogP contribution >= 0.6 is 11.8 Å². The van der Waals surface area contributed by atoms with Gasteiger partial charge in [0, 0.05) is 21.6 Å². The first-order valence-electron chi connectivity index (χ1n) is 15.9. The Bertz CT molecular complexity index is 1540. The van der Waals surface area contributed by atoms with Crippen molar-refractivity contribution in [1.82, 2.24) is 20.9 Å². The number of benzene rings is 2. The molecule has 0 unspecified atom stereocenters. The van der Waals surface area contributed by atoms with Crippen LogP contribution in [-0.2, 0) is 9.59 Å². The number of nitrogens with zero attached hydrogens (tertiary/aromatic N) is 1. The normalized spacial score (nSPS) is 15.8. The number of aliphatic hydroxyl groups excluding tert-OH is 1. The SMILES string of the molecule is CC(C)(C)NC(=O)c1ccccc1SC[C@@H](O)[C@H](CC1CCCCC1)NC(=O)[C@H](CC(N)=O)NC(=O)c1ccc2ccccc2n1. The van der Waals surface area contributed by atoms with Gasteiger partial charge in [-0.1, -0.05) is 68.5 Å². The van der Waals surface area contributed by atoms with Crippen molar-refractivity contribution in [3.8, 4) is 0 Å². The minimum atomic E-state index is -1.26. The minimum absolute atomic E-state index is 0.102. The van der Waals surface area contributed by atoms with E-state index in [9.17, 15) is 24.3 Å². The first kappa shape index (κ1) is 34.9. The van der Waals surface area contributed by atoms with E-state index in [0.717, 1.165) is 37.5 Å². The molecule has 1 saturated carbocycles. The molecule has 4 rings (SSSR count). The van der Waals surface area contributed by atoms with Crippen LogP contribution in [0.1, 0.15) is 86.6 Å². The third-order valence-electron chi connectivity index (χ3n) is 7.99. The fourth-order valence-electron chi connectivity index (χ4n) is 5.69. The van der Waals surface area contributed by atoms with Crippen molar-refractivity contribution in [2.24, 2.45) is 11.7 Å². The van der Waals surface area contributed by atoms with Gasteiger partial charge in [-0.3, -0.25) is 19.2 Å². The average molecular weight is 648 g/mol. The maximum Gasteiger partial charge on any atom is 0.270 e. The summed E-state index contributed by atoms with van der Waals surface area (Å²) >= 11 is 1.34. The summed E-state index contributed by atoms with van der Waals surface area (Å²) in [6.45, 7) is 5.74. The van der Waals surface area contributed by atoms with E-state index in [-0.39, 0.29) is 17.4 Å². The van der Waals surface area contributed by atoms with Crippen LogP contribution in [-0.4, -0.2) is 63.2 Å². The van der Waals surface area contributed by atoms with E-state index < -0.39 is 47.9 Å². The number of para-hydroxylation sites is 1. The van der Waals surface area contributed by atoms with Crippen LogP contribution in [0.3, 0.4) is 0 Å². The fraction of sp³-hybridized carbons (Fsp3) is 0.457. The molecule has 1 aliphatic carbocycles. The number of carbonyl (C=O) groups is 4. The number of pyridine rings is 1. The van der Waals surface area contributed by atoms with E-state index in [0.29, 0.717) is 28.3 Å². The topological polar surface area (TPSA) is 164 Å². The van der Waals surface area contributed by atoms with Gasteiger partial charge in [-0.25, -0.2) is 4.98 Å². The smallest absolute Gasteiger partial charge is 0.270 e. The van der Waals surface area contributed by atoms with Gasteiger partial charge in [0.05, 0.1) is 29.6 Å². The molecule has 10 nitrogen and oxygen atoms in total. The van der Waals surface area contributed by atoms with Gasteiger partial charge >= 0.3 is 0 Å². The number of primary amides is 1. The highest BCUT2D eigenvalue weighted by atomic mass is 32.2. The molecule has 2 aromatic carbocycles. The highest BCUT2D eigenvalue weighted by Gasteiger charge is 2.31. The maximum atomic E-state index is 13.6. The molecule has 0 spiro atoms. The van der Waals surface area contributed by atoms with Crippen LogP contribution in [0, 0.1) is 5.92 Å². The molecule has 1 aromatic heterocycles. The zero-order valence-electron chi connectivity index (χ0n) is 26.8. The van der Waals surface area contributed by atoms with Gasteiger partial charge in [-0.2, -0.15) is 0 Å². The third kappa shape index (κ3) is 10.3. The van der Waals surface area contributed by atoms with Crippen LogP contribution in [0.25, 0.3) is 10.9 Å². The van der Waals surface area contributed by atoms with E-state index in [1.54, 1.807) is 30.3 Å². The zero-order chi connectivity index (χ0) is 33.3. The molecule has 246 valence electrons. The second kappa shape index (κ2) is 16.0. The summed E-state index contributed by atoms with van der Waals surface area (Å²) < 4.78 is 0. The molecule has 1 heterocycles. The highest BCUT2D eigenvalue weighted by Crippen LogP contribution is 2.30. The Balaban J connectivity index is 1.49. The van der Waals surface area contributed by atoms with E-state index in [1.807, 2.05) is 51.1 Å². The Labute approximate surface area is 274 Å². The molecule has 11 heteroatoms. The summed E-state index contributed by atoms with van der Waals surface area (Å²) in [5.41, 5.74) is 6.30. The van der Waals surface area contributed by atoms with Crippen molar-refractivity contribution in [3.05, 3.63) is 71.9 Å². The summed E-state index contributed by atoms with van der Waals surface area (Å²) in [6.07, 6.45) is 4.49. The molecule has 46 heavy (non-hydrogen) atoms. The van der Waals surface area contributed by atoms with E-state index in [4.69, 9.17) is 5.73 Å². The van der Waals surface area contributed by atoms with Crippen LogP contribution < -0.4 is 21.7 Å². The molecule has 4 amide bonds. The molecule has 1 aliphatic rings. The number of carbonyl (C=O) groups excluding carboxylic acids is 4. The van der Waals surface area contributed by atoms with Crippen molar-refractivity contribution in [2.75, 3.05) is 5.75 Å². The summed E-state index contributed by atoms with van der Waals surface area (Å²) in [7, 11) is 0. The number of amides is 4. The Kier molecular flexibility index (Phi) is 12.2. The Hall–Kier alpha value is -3.96. The second-order valence-electron chi connectivity index (χ2n) is 13.0. The van der Waals surface area contributed by atoms with Gasteiger partial charge in [0.1, 0.15) is 11.7 Å². The second-order valence-corrected chi connectivity index (χ2v) is 14.1. The van der Waals surface area contributed by atoms with E-state index >= 15 is 0 Å². The summed E-state index contributed by atoms with van der Waals surface area (Å²) in [6, 6.07) is 16.0. The minimum Gasteiger partial charge on any atom is -0.390 e. The Morgan fingerprint density at radius 3 is 2.35 bits per heavy atom. The van der Waals surface area contributed by atoms with Crippen LogP contribution in [0.4, 0.5) is 0 Å². The van der Waals surface area contributed by atoms with Gasteiger partial charge in [-0.15, -0.1) is 11.8 Å². The van der Waals surface area contributed by atoms with E-state index in [1.165, 1.54) is 11.8 Å². The molecule has 0 radical (unpaired) electrons. The van der Waals surface area contributed by atoms with Crippen molar-refractivity contribution >= 4 is 46.3 Å². The fourth-order valence-corrected chi connectivity index (χ4v) is 6.77. The molecule has 6 N–H and O–H groups in total. The zero-order valence-corrected chi connectivity index (χ0v) is 27.6. The lowest BCUT2D eigenvalue weighted by Gasteiger charge is -2.31. The number of hydrogen-bond donors (Lipinski definition) is 5. The summed E-state index contributed by atoms with van der Waals surface area (Å²) in [5.74, 6) is -1.65. The predicted octanol–water partition coefficient (Wildman–Crippen LogP) is 4.35. The lowest BCUT2D eigenvalue weighted by Crippen LogP contribution is -2.54. The first-order chi connectivity index (χ1) is 21.9. The molecule has 0 saturated heterocycles. The predicted molar refractivity (Wildman–Crippen MR) is 180 cm³/mol. The first-order valence-corrected chi connectivity index (χ1v) is 16.9. The lowest BCUT2D eigenvalue weighted by molar-refractivity contribution is -0.128. The monoisotopic (exact) mass is 647 g/mol. The highest BCUT2D eigenvalue weighted by molar-refractivity contribution is 7.99. The standard InChI is InChI=1S/C35H45N5O5S/c1-35(2,3)40-32(43)24-14-8-10-16-30(24)46-21-29(41)27(19-22-11-5-4-6-12-22)38-34(45)28(20-31(36)42)39-33(44)26-18-17-23-13-7-9-15-25(23)37-26/h7-10,13-18,22,27-29,41H,4-6,11-12,19-21H2,1-3H3,(H2,36,42)(H,38,45)(H,39,44)(H,40,43)/t27-,28-,29+/m0/s1. The van der Waals surface area contributed by atoms with Crippen LogP contribution in [0.2, 0.25) is 0 Å². The van der Waals surface area contributed by atoms with Gasteiger partial charge in [0.25, 0.3) is 11.8 Å². The van der Waals surface area contributed by atoms with Crippen LogP contribution in [0.5, 0.6) is 0 Å². The van der Waals surface area contributed by atoms with E-state index in [2.05, 4.69) is 20.9 Å². The molecule has 0 aliphatic heterocycles. The number of thioether (sulfide) groups is 1. The van der Waals surface area contributed by atoms with Gasteiger partial charge in [-0.05, 0) is 57.4 Å². The number of rotatable bonds is 13. The number of aliphatic hydroxyl groups is 1. The van der Waals surface area contributed by atoms with Gasteiger partial charge < -0.3 is 26.8 Å². The van der Waals surface area contributed by atoms with Gasteiger partial charge in [0.15, 0.2) is 0 Å². The van der Waals surface area contributed by atoms with Gasteiger partial charge in [0.2, 0.25) is 11.8 Å². The quantitative estimate of drug-likeness (QED) is 0.172. The largest absolute Gasteiger partial charge is 0.390 e. The molecular formula is C35H45N5O5S. The Morgan fingerprint density at radius 2 is 1.63 bits per heavy atom. The molecule has 3 aromatic rings. The Morgan fingerprint density at radius 1 is 0.935 bits per heavy atom. The van der Waals surface area contributed by atoms with Crippen molar-refractivity contribution in [2.45, 2.75) is 94.3 Å². The van der Waals surface area contributed by atoms with Crippen molar-refractivity contribution in [1.29, 1.82) is 0 Å². The van der Waals surface area contributed by atoms with Crippen molar-refractivity contribution in [3.63, 3.8) is 0 Å². The maximum absolute atomic E-state index is 13.6. The molecule has 0 bridgehead atoms. The molecule has 1 fully saturated rings. The summed E-state index contributed by atoms with van der Waals surface area (Å²) in [4.78, 5) is 56.8.